The first-order valence-corrected chi connectivity index (χ1v) is 7.35. The van der Waals surface area contributed by atoms with Gasteiger partial charge in [-0.3, -0.25) is 0 Å². The first kappa shape index (κ1) is 12.9. The monoisotopic (exact) mass is 285 g/mol. The van der Waals surface area contributed by atoms with Crippen molar-refractivity contribution < 1.29 is 4.74 Å². The van der Waals surface area contributed by atoms with Crippen molar-refractivity contribution in [3.05, 3.63) is 47.1 Å². The van der Waals surface area contributed by atoms with E-state index in [-0.39, 0.29) is 0 Å². The molecule has 0 saturated heterocycles. The second-order valence-electron chi connectivity index (χ2n) is 4.45. The van der Waals surface area contributed by atoms with Crippen molar-refractivity contribution in [1.82, 2.24) is 9.97 Å². The maximum Gasteiger partial charge on any atom is 0.169 e. The van der Waals surface area contributed by atoms with E-state index in [0.717, 1.165) is 22.4 Å². The number of ether oxygens (including phenoxy) is 1. The lowest BCUT2D eigenvalue weighted by molar-refractivity contribution is 0.296. The summed E-state index contributed by atoms with van der Waals surface area (Å²) >= 11 is 1.56. The lowest BCUT2D eigenvalue weighted by Crippen LogP contribution is -2.04. The average molecular weight is 285 g/mol. The number of benzene rings is 1. The molecule has 3 rings (SSSR count). The topological polar surface area (TPSA) is 61.0 Å². The van der Waals surface area contributed by atoms with E-state index in [1.807, 2.05) is 29.6 Å². The predicted molar refractivity (Wildman–Crippen MR) is 82.0 cm³/mol. The molecular weight excluding hydrogens is 270 g/mol. The molecule has 1 aromatic carbocycles. The summed E-state index contributed by atoms with van der Waals surface area (Å²) in [6, 6.07) is 9.98. The quantitative estimate of drug-likeness (QED) is 0.798. The fourth-order valence-corrected chi connectivity index (χ4v) is 2.78. The van der Waals surface area contributed by atoms with Crippen molar-refractivity contribution >= 4 is 27.4 Å². The van der Waals surface area contributed by atoms with Gasteiger partial charge in [-0.2, -0.15) is 0 Å². The third-order valence-corrected chi connectivity index (χ3v) is 3.88. The Hall–Kier alpha value is -2.14. The van der Waals surface area contributed by atoms with Crippen LogP contribution in [0.4, 0.5) is 5.82 Å². The number of hydrogen-bond donors (Lipinski definition) is 1. The third kappa shape index (κ3) is 2.58. The standard InChI is InChI=1S/C15H15N3OS/c1-2-10-4-3-5-11(8-10)19-9-13-17-14(16)12-6-7-20-15(12)18-13/h3-8H,2,9H2,1H3,(H2,16,17,18). The Morgan fingerprint density at radius 1 is 1.25 bits per heavy atom. The lowest BCUT2D eigenvalue weighted by atomic mass is 10.2. The Bertz CT molecular complexity index is 739. The van der Waals surface area contributed by atoms with E-state index in [4.69, 9.17) is 10.5 Å². The number of nitrogen functional groups attached to an aromatic ring is 1. The molecule has 3 aromatic rings. The summed E-state index contributed by atoms with van der Waals surface area (Å²) in [4.78, 5) is 9.64. The number of aromatic nitrogens is 2. The molecule has 0 radical (unpaired) electrons. The van der Waals surface area contributed by atoms with Crippen LogP contribution < -0.4 is 10.5 Å². The van der Waals surface area contributed by atoms with Crippen LogP contribution in [-0.2, 0) is 13.0 Å². The van der Waals surface area contributed by atoms with Crippen molar-refractivity contribution in [3.63, 3.8) is 0 Å². The molecule has 0 unspecified atom stereocenters. The minimum absolute atomic E-state index is 0.325. The van der Waals surface area contributed by atoms with Gasteiger partial charge in [-0.25, -0.2) is 9.97 Å². The Morgan fingerprint density at radius 2 is 2.15 bits per heavy atom. The van der Waals surface area contributed by atoms with Crippen molar-refractivity contribution in [2.75, 3.05) is 5.73 Å². The number of nitrogens with two attached hydrogens (primary N) is 1. The number of fused-ring (bicyclic) bond motifs is 1. The van der Waals surface area contributed by atoms with Crippen LogP contribution in [0.2, 0.25) is 0 Å². The molecule has 5 heteroatoms. The lowest BCUT2D eigenvalue weighted by Gasteiger charge is -2.07. The van der Waals surface area contributed by atoms with E-state index in [2.05, 4.69) is 23.0 Å². The van der Waals surface area contributed by atoms with Crippen LogP contribution >= 0.6 is 11.3 Å². The van der Waals surface area contributed by atoms with Gasteiger partial charge in [-0.15, -0.1) is 11.3 Å². The van der Waals surface area contributed by atoms with Gasteiger partial charge < -0.3 is 10.5 Å². The van der Waals surface area contributed by atoms with Crippen molar-refractivity contribution in [1.29, 1.82) is 0 Å². The van der Waals surface area contributed by atoms with Crippen molar-refractivity contribution in [2.24, 2.45) is 0 Å². The molecule has 0 aliphatic rings. The normalized spacial score (nSPS) is 10.8. The smallest absolute Gasteiger partial charge is 0.169 e. The number of thiophene rings is 1. The van der Waals surface area contributed by atoms with Crippen molar-refractivity contribution in [3.8, 4) is 5.75 Å². The molecule has 2 N–H and O–H groups in total. The summed E-state index contributed by atoms with van der Waals surface area (Å²) in [5, 5.41) is 2.87. The summed E-state index contributed by atoms with van der Waals surface area (Å²) in [5.74, 6) is 1.95. The van der Waals surface area contributed by atoms with Gasteiger partial charge >= 0.3 is 0 Å². The molecule has 0 amide bonds. The van der Waals surface area contributed by atoms with Gasteiger partial charge in [0.05, 0.1) is 5.39 Å². The van der Waals surface area contributed by atoms with E-state index in [1.54, 1.807) is 11.3 Å². The highest BCUT2D eigenvalue weighted by molar-refractivity contribution is 7.16. The molecule has 0 spiro atoms. The molecule has 4 nitrogen and oxygen atoms in total. The first-order chi connectivity index (χ1) is 9.76. The van der Waals surface area contributed by atoms with E-state index >= 15 is 0 Å². The van der Waals surface area contributed by atoms with Gasteiger partial charge in [-0.1, -0.05) is 19.1 Å². The fourth-order valence-electron chi connectivity index (χ4n) is 1.99. The van der Waals surface area contributed by atoms with Gasteiger partial charge in [-0.05, 0) is 35.6 Å². The van der Waals surface area contributed by atoms with Crippen LogP contribution in [0.25, 0.3) is 10.2 Å². The number of aryl methyl sites for hydroxylation is 1. The van der Waals surface area contributed by atoms with Crippen LogP contribution in [0, 0.1) is 0 Å². The fraction of sp³-hybridized carbons (Fsp3) is 0.200. The zero-order valence-electron chi connectivity index (χ0n) is 11.2. The molecule has 0 fully saturated rings. The highest BCUT2D eigenvalue weighted by Crippen LogP contribution is 2.23. The molecule has 102 valence electrons. The van der Waals surface area contributed by atoms with Gasteiger partial charge in [0, 0.05) is 0 Å². The van der Waals surface area contributed by atoms with Crippen LogP contribution in [0.5, 0.6) is 5.75 Å². The highest BCUT2D eigenvalue weighted by Gasteiger charge is 2.07. The third-order valence-electron chi connectivity index (χ3n) is 3.08. The molecule has 2 aromatic heterocycles. The van der Waals surface area contributed by atoms with E-state index in [1.165, 1.54) is 5.56 Å². The largest absolute Gasteiger partial charge is 0.486 e. The Kier molecular flexibility index (Phi) is 3.52. The Labute approximate surface area is 121 Å². The molecular formula is C15H15N3OS. The van der Waals surface area contributed by atoms with Crippen LogP contribution in [0.15, 0.2) is 35.7 Å². The summed E-state index contributed by atoms with van der Waals surface area (Å²) < 4.78 is 5.74. The summed E-state index contributed by atoms with van der Waals surface area (Å²) in [5.41, 5.74) is 7.16. The van der Waals surface area contributed by atoms with Gasteiger partial charge in [0.1, 0.15) is 23.0 Å². The maximum atomic E-state index is 5.92. The Balaban J connectivity index is 1.79. The molecule has 0 saturated carbocycles. The predicted octanol–water partition coefficient (Wildman–Crippen LogP) is 3.41. The van der Waals surface area contributed by atoms with Crippen LogP contribution in [0.3, 0.4) is 0 Å². The first-order valence-electron chi connectivity index (χ1n) is 6.47. The highest BCUT2D eigenvalue weighted by atomic mass is 32.1. The number of rotatable bonds is 4. The minimum atomic E-state index is 0.325. The van der Waals surface area contributed by atoms with Crippen LogP contribution in [-0.4, -0.2) is 9.97 Å². The number of hydrogen-bond acceptors (Lipinski definition) is 5. The molecule has 0 atom stereocenters. The zero-order valence-corrected chi connectivity index (χ0v) is 12.0. The van der Waals surface area contributed by atoms with Gasteiger partial charge in [0.15, 0.2) is 5.82 Å². The minimum Gasteiger partial charge on any atom is -0.486 e. The molecule has 0 bridgehead atoms. The molecule has 2 heterocycles. The molecule has 20 heavy (non-hydrogen) atoms. The molecule has 0 aliphatic carbocycles. The van der Waals surface area contributed by atoms with Crippen molar-refractivity contribution in [2.45, 2.75) is 20.0 Å². The summed E-state index contributed by atoms with van der Waals surface area (Å²) in [7, 11) is 0. The number of anilines is 1. The van der Waals surface area contributed by atoms with E-state index in [9.17, 15) is 0 Å². The van der Waals surface area contributed by atoms with Gasteiger partial charge in [0.25, 0.3) is 0 Å². The zero-order chi connectivity index (χ0) is 13.9. The number of nitrogens with zero attached hydrogens (tertiary/aromatic N) is 2. The summed E-state index contributed by atoms with van der Waals surface area (Å²) in [6.07, 6.45) is 0.988. The van der Waals surface area contributed by atoms with Crippen LogP contribution in [0.1, 0.15) is 18.3 Å². The second-order valence-corrected chi connectivity index (χ2v) is 5.35. The average Bonchev–Trinajstić information content (AvgIpc) is 2.94. The van der Waals surface area contributed by atoms with Gasteiger partial charge in [0.2, 0.25) is 0 Å². The SMILES string of the molecule is CCc1cccc(OCc2nc(N)c3ccsc3n2)c1. The summed E-state index contributed by atoms with van der Waals surface area (Å²) in [6.45, 7) is 2.44. The second kappa shape index (κ2) is 5.46. The van der Waals surface area contributed by atoms with E-state index < -0.39 is 0 Å². The maximum absolute atomic E-state index is 5.92. The molecule has 0 aliphatic heterocycles. The van der Waals surface area contributed by atoms with E-state index in [0.29, 0.717) is 18.2 Å². The Morgan fingerprint density at radius 3 is 3.00 bits per heavy atom.